The number of methoxy groups -OCH3 is 1. The van der Waals surface area contributed by atoms with E-state index in [0.29, 0.717) is 50.4 Å². The van der Waals surface area contributed by atoms with Crippen LogP contribution >= 0.6 is 23.2 Å². The molecule has 0 aliphatic heterocycles. The first kappa shape index (κ1) is 22.8. The van der Waals surface area contributed by atoms with E-state index in [-0.39, 0.29) is 6.61 Å². The highest BCUT2D eigenvalue weighted by atomic mass is 35.5. The maximum atomic E-state index is 13.4. The standard InChI is InChI=1S/C23H21Cl2N5O3/c1-26-9-10-33-30-21-14(11-17(22(30)31)20-18(24)7-4-8-19(20)25)13-27-23(29-21)28-15-5-3-6-16(12-15)32-2/h3-8,11-13,26H,9-10H2,1-2H3,(H,27,28,29). The van der Waals surface area contributed by atoms with Gasteiger partial charge in [0, 0.05) is 35.4 Å². The zero-order chi connectivity index (χ0) is 23.4. The summed E-state index contributed by atoms with van der Waals surface area (Å²) in [4.78, 5) is 28.2. The number of pyridine rings is 1. The molecule has 0 saturated carbocycles. The van der Waals surface area contributed by atoms with Crippen molar-refractivity contribution in [2.75, 3.05) is 32.6 Å². The number of hydrogen-bond donors (Lipinski definition) is 2. The predicted molar refractivity (Wildman–Crippen MR) is 131 cm³/mol. The van der Waals surface area contributed by atoms with E-state index in [2.05, 4.69) is 20.6 Å². The third-order valence-electron chi connectivity index (χ3n) is 4.83. The van der Waals surface area contributed by atoms with Crippen LogP contribution < -0.4 is 25.8 Å². The first-order valence-corrected chi connectivity index (χ1v) is 10.8. The Morgan fingerprint density at radius 3 is 2.58 bits per heavy atom. The van der Waals surface area contributed by atoms with Gasteiger partial charge in [-0.3, -0.25) is 4.79 Å². The maximum absolute atomic E-state index is 13.4. The van der Waals surface area contributed by atoms with Crippen LogP contribution in [0.2, 0.25) is 10.0 Å². The highest BCUT2D eigenvalue weighted by Crippen LogP contribution is 2.33. The van der Waals surface area contributed by atoms with Crippen LogP contribution in [-0.4, -0.2) is 42.0 Å². The molecular formula is C23H21Cl2N5O3. The molecule has 2 N–H and O–H groups in total. The number of nitrogens with one attached hydrogen (secondary N) is 2. The van der Waals surface area contributed by atoms with E-state index in [1.54, 1.807) is 44.6 Å². The van der Waals surface area contributed by atoms with Gasteiger partial charge in [-0.1, -0.05) is 35.3 Å². The largest absolute Gasteiger partial charge is 0.497 e. The molecular weight excluding hydrogens is 465 g/mol. The Balaban J connectivity index is 1.84. The molecule has 0 atom stereocenters. The molecule has 10 heteroatoms. The molecule has 0 aliphatic rings. The number of ether oxygens (including phenoxy) is 1. The molecule has 0 radical (unpaired) electrons. The summed E-state index contributed by atoms with van der Waals surface area (Å²) in [5, 5.41) is 7.41. The molecule has 0 amide bonds. The molecule has 33 heavy (non-hydrogen) atoms. The molecule has 2 aromatic heterocycles. The Kier molecular flexibility index (Phi) is 6.98. The summed E-state index contributed by atoms with van der Waals surface area (Å²) >= 11 is 12.7. The number of hydrogen-bond acceptors (Lipinski definition) is 7. The van der Waals surface area contributed by atoms with Crippen molar-refractivity contribution in [3.05, 3.63) is 75.1 Å². The monoisotopic (exact) mass is 485 g/mol. The second-order valence-electron chi connectivity index (χ2n) is 7.02. The molecule has 0 unspecified atom stereocenters. The number of likely N-dealkylation sites (N-methyl/N-ethyl adjacent to an activating group) is 1. The minimum absolute atomic E-state index is 0.244. The van der Waals surface area contributed by atoms with E-state index in [1.807, 2.05) is 24.3 Å². The van der Waals surface area contributed by atoms with Gasteiger partial charge >= 0.3 is 0 Å². The number of nitrogens with zero attached hydrogens (tertiary/aromatic N) is 3. The van der Waals surface area contributed by atoms with Crippen LogP contribution in [0.3, 0.4) is 0 Å². The number of aromatic nitrogens is 3. The van der Waals surface area contributed by atoms with E-state index in [9.17, 15) is 4.79 Å². The summed E-state index contributed by atoms with van der Waals surface area (Å²) in [6.07, 6.45) is 1.61. The lowest BCUT2D eigenvalue weighted by molar-refractivity contribution is 0.114. The first-order chi connectivity index (χ1) is 16.0. The topological polar surface area (TPSA) is 90.3 Å². The minimum atomic E-state index is -0.431. The Morgan fingerprint density at radius 1 is 1.09 bits per heavy atom. The van der Waals surface area contributed by atoms with Gasteiger partial charge in [-0.25, -0.2) is 4.98 Å². The predicted octanol–water partition coefficient (Wildman–Crippen LogP) is 4.17. The van der Waals surface area contributed by atoms with Gasteiger partial charge in [0.05, 0.1) is 22.7 Å². The van der Waals surface area contributed by atoms with Gasteiger partial charge < -0.3 is 20.2 Å². The summed E-state index contributed by atoms with van der Waals surface area (Å²) < 4.78 is 6.41. The third kappa shape index (κ3) is 4.88. The summed E-state index contributed by atoms with van der Waals surface area (Å²) in [6, 6.07) is 14.1. The van der Waals surface area contributed by atoms with Gasteiger partial charge in [0.1, 0.15) is 12.4 Å². The van der Waals surface area contributed by atoms with E-state index >= 15 is 0 Å². The number of anilines is 2. The van der Waals surface area contributed by atoms with Crippen LogP contribution in [0.1, 0.15) is 0 Å². The van der Waals surface area contributed by atoms with Gasteiger partial charge in [-0.05, 0) is 37.4 Å². The summed E-state index contributed by atoms with van der Waals surface area (Å²) in [5.74, 6) is 0.985. The zero-order valence-electron chi connectivity index (χ0n) is 17.9. The molecule has 0 saturated heterocycles. The lowest BCUT2D eigenvalue weighted by Gasteiger charge is -2.15. The molecule has 2 aromatic carbocycles. The van der Waals surface area contributed by atoms with Crippen molar-refractivity contribution in [3.63, 3.8) is 0 Å². The van der Waals surface area contributed by atoms with Crippen molar-refractivity contribution in [1.82, 2.24) is 20.0 Å². The molecule has 0 spiro atoms. The lowest BCUT2D eigenvalue weighted by Crippen LogP contribution is -2.32. The second-order valence-corrected chi connectivity index (χ2v) is 7.83. The molecule has 4 aromatic rings. The third-order valence-corrected chi connectivity index (χ3v) is 5.46. The highest BCUT2D eigenvalue weighted by molar-refractivity contribution is 6.39. The van der Waals surface area contributed by atoms with Gasteiger partial charge in [0.25, 0.3) is 5.56 Å². The first-order valence-electron chi connectivity index (χ1n) is 10.1. The minimum Gasteiger partial charge on any atom is -0.497 e. The van der Waals surface area contributed by atoms with Gasteiger partial charge in [-0.2, -0.15) is 4.98 Å². The Morgan fingerprint density at radius 2 is 1.85 bits per heavy atom. The van der Waals surface area contributed by atoms with Crippen molar-refractivity contribution >= 4 is 45.9 Å². The van der Waals surface area contributed by atoms with Crippen LogP contribution in [-0.2, 0) is 0 Å². The van der Waals surface area contributed by atoms with E-state index in [1.165, 1.54) is 0 Å². The summed E-state index contributed by atoms with van der Waals surface area (Å²) in [7, 11) is 3.39. The van der Waals surface area contributed by atoms with Crippen molar-refractivity contribution < 1.29 is 9.57 Å². The van der Waals surface area contributed by atoms with E-state index in [0.717, 1.165) is 10.4 Å². The van der Waals surface area contributed by atoms with Crippen LogP contribution in [0, 0.1) is 0 Å². The average Bonchev–Trinajstić information content (AvgIpc) is 2.81. The van der Waals surface area contributed by atoms with Crippen molar-refractivity contribution in [1.29, 1.82) is 0 Å². The van der Waals surface area contributed by atoms with Crippen molar-refractivity contribution in [2.45, 2.75) is 0 Å². The van der Waals surface area contributed by atoms with E-state index in [4.69, 9.17) is 32.8 Å². The van der Waals surface area contributed by atoms with Crippen molar-refractivity contribution in [3.8, 4) is 16.9 Å². The van der Waals surface area contributed by atoms with Crippen LogP contribution in [0.4, 0.5) is 11.6 Å². The molecule has 0 bridgehead atoms. The van der Waals surface area contributed by atoms with Gasteiger partial charge in [0.15, 0.2) is 5.65 Å². The Labute approximate surface area is 200 Å². The van der Waals surface area contributed by atoms with Gasteiger partial charge in [0.2, 0.25) is 5.95 Å². The number of fused-ring (bicyclic) bond motifs is 1. The van der Waals surface area contributed by atoms with Gasteiger partial charge in [-0.15, -0.1) is 4.73 Å². The summed E-state index contributed by atoms with van der Waals surface area (Å²) in [6.45, 7) is 0.777. The van der Waals surface area contributed by atoms with Crippen LogP contribution in [0.25, 0.3) is 22.2 Å². The van der Waals surface area contributed by atoms with Crippen molar-refractivity contribution in [2.24, 2.45) is 0 Å². The van der Waals surface area contributed by atoms with Crippen LogP contribution in [0.15, 0.2) is 59.5 Å². The number of halogens is 2. The normalized spacial score (nSPS) is 10.9. The summed E-state index contributed by atoms with van der Waals surface area (Å²) in [5.41, 5.74) is 1.33. The lowest BCUT2D eigenvalue weighted by atomic mass is 10.1. The molecule has 2 heterocycles. The highest BCUT2D eigenvalue weighted by Gasteiger charge is 2.18. The van der Waals surface area contributed by atoms with Crippen LogP contribution in [0.5, 0.6) is 5.75 Å². The Hall–Kier alpha value is -3.33. The average molecular weight is 486 g/mol. The molecule has 0 aliphatic carbocycles. The fourth-order valence-electron chi connectivity index (χ4n) is 3.25. The number of benzene rings is 2. The SMILES string of the molecule is CNCCOn1c(=O)c(-c2c(Cl)cccc2Cl)cc2cnc(Nc3cccc(OC)c3)nc21. The zero-order valence-corrected chi connectivity index (χ0v) is 19.4. The quantitative estimate of drug-likeness (QED) is 0.362. The smallest absolute Gasteiger partial charge is 0.293 e. The second kappa shape index (κ2) is 10.1. The number of rotatable bonds is 8. The molecule has 170 valence electrons. The maximum Gasteiger partial charge on any atom is 0.293 e. The fourth-order valence-corrected chi connectivity index (χ4v) is 3.85. The van der Waals surface area contributed by atoms with E-state index < -0.39 is 5.56 Å². The molecule has 0 fully saturated rings. The Bertz CT molecular complexity index is 1340. The molecule has 4 rings (SSSR count). The molecule has 8 nitrogen and oxygen atoms in total. The fraction of sp³-hybridized carbons (Fsp3) is 0.174.